The Hall–Kier alpha value is -2.57. The third kappa shape index (κ3) is 5.20. The highest BCUT2D eigenvalue weighted by Crippen LogP contribution is 2.39. The second-order valence-electron chi connectivity index (χ2n) is 7.39. The molecule has 2 aliphatic heterocycles. The average Bonchev–Trinajstić information content (AvgIpc) is 3.10. The number of sulfonamides is 1. The van der Waals surface area contributed by atoms with Crippen LogP contribution in [-0.2, 0) is 19.6 Å². The van der Waals surface area contributed by atoms with Crippen LogP contribution in [0.3, 0.4) is 0 Å². The van der Waals surface area contributed by atoms with E-state index in [1.807, 2.05) is 0 Å². The maximum absolute atomic E-state index is 13.0. The summed E-state index contributed by atoms with van der Waals surface area (Å²) in [6.07, 6.45) is 1.17. The number of fused-ring (bicyclic) bond motifs is 2. The summed E-state index contributed by atoms with van der Waals surface area (Å²) in [4.78, 5) is 11.9. The Balaban J connectivity index is 0.00000132. The highest BCUT2D eigenvalue weighted by molar-refractivity contribution is 7.89. The summed E-state index contributed by atoms with van der Waals surface area (Å²) in [7, 11) is -4.07. The molecule has 2 aliphatic rings. The number of hydrogen-bond donors (Lipinski definition) is 4. The standard InChI is InChI=1S/C20H20FNO6S.H3NO/c21-13-1-3-14(4-2-13)27-15-7-9-18(10-8-15)29(25,26)22-20(19(23)24)11-16-5-6-17(12-20)28-16;1-2/h1-4,7-10,16-17,22H,5-6,11-12H2,(H,23,24);2H,1H2/t16-,17+,20+;. The van der Waals surface area contributed by atoms with Crippen LogP contribution < -0.4 is 15.4 Å². The van der Waals surface area contributed by atoms with Crippen molar-refractivity contribution in [2.75, 3.05) is 0 Å². The highest BCUT2D eigenvalue weighted by atomic mass is 32.2. The second kappa shape index (κ2) is 9.28. The first-order chi connectivity index (χ1) is 14.8. The molecule has 2 bridgehead atoms. The fraction of sp³-hybridized carbons (Fsp3) is 0.350. The number of carboxylic acids is 1. The predicted molar refractivity (Wildman–Crippen MR) is 107 cm³/mol. The van der Waals surface area contributed by atoms with E-state index in [9.17, 15) is 22.7 Å². The number of nitrogens with two attached hydrogens (primary N) is 1. The Kier molecular flexibility index (Phi) is 6.92. The summed E-state index contributed by atoms with van der Waals surface area (Å²) in [5, 5.41) is 16.3. The number of ether oxygens (including phenoxy) is 2. The summed E-state index contributed by atoms with van der Waals surface area (Å²) >= 11 is 0. The Morgan fingerprint density at radius 2 is 1.52 bits per heavy atom. The summed E-state index contributed by atoms with van der Waals surface area (Å²) in [6, 6.07) is 11.0. The third-order valence-corrected chi connectivity index (χ3v) is 6.82. The smallest absolute Gasteiger partial charge is 0.325 e. The zero-order chi connectivity index (χ0) is 22.6. The van der Waals surface area contributed by atoms with Gasteiger partial charge in [-0.25, -0.2) is 18.7 Å². The van der Waals surface area contributed by atoms with Crippen LogP contribution in [0.2, 0.25) is 0 Å². The van der Waals surface area contributed by atoms with Crippen molar-refractivity contribution >= 4 is 16.0 Å². The van der Waals surface area contributed by atoms with E-state index in [2.05, 4.69) is 10.6 Å². The molecular formula is C20H23FN2O7S. The first kappa shape index (κ1) is 23.1. The molecule has 0 spiro atoms. The second-order valence-corrected chi connectivity index (χ2v) is 9.07. The van der Waals surface area contributed by atoms with E-state index in [1.54, 1.807) is 0 Å². The van der Waals surface area contributed by atoms with Crippen LogP contribution in [0.25, 0.3) is 0 Å². The van der Waals surface area contributed by atoms with Crippen LogP contribution in [0, 0.1) is 5.82 Å². The normalized spacial score (nSPS) is 24.7. The molecule has 168 valence electrons. The van der Waals surface area contributed by atoms with Gasteiger partial charge in [-0.2, -0.15) is 4.72 Å². The molecule has 0 aliphatic carbocycles. The molecule has 0 amide bonds. The van der Waals surface area contributed by atoms with Crippen molar-refractivity contribution in [1.82, 2.24) is 4.72 Å². The fourth-order valence-corrected chi connectivity index (χ4v) is 5.26. The number of rotatable bonds is 6. The monoisotopic (exact) mass is 454 g/mol. The maximum atomic E-state index is 13.0. The summed E-state index contributed by atoms with van der Waals surface area (Å²) in [5.41, 5.74) is -1.58. The van der Waals surface area contributed by atoms with Gasteiger partial charge in [0.1, 0.15) is 22.9 Å². The van der Waals surface area contributed by atoms with Gasteiger partial charge in [-0.1, -0.05) is 0 Å². The zero-order valence-electron chi connectivity index (χ0n) is 16.4. The number of halogens is 1. The van der Waals surface area contributed by atoms with Crippen LogP contribution in [0.5, 0.6) is 11.5 Å². The van der Waals surface area contributed by atoms with Gasteiger partial charge in [0.25, 0.3) is 0 Å². The molecular weight excluding hydrogens is 431 g/mol. The van der Waals surface area contributed by atoms with Gasteiger partial charge in [-0.05, 0) is 61.4 Å². The van der Waals surface area contributed by atoms with Crippen molar-refractivity contribution in [3.05, 3.63) is 54.3 Å². The van der Waals surface area contributed by atoms with E-state index in [-0.39, 0.29) is 29.9 Å². The summed E-state index contributed by atoms with van der Waals surface area (Å²) in [6.45, 7) is 0. The molecule has 2 heterocycles. The van der Waals surface area contributed by atoms with E-state index in [0.717, 1.165) is 12.8 Å². The van der Waals surface area contributed by atoms with Gasteiger partial charge in [0, 0.05) is 12.8 Å². The van der Waals surface area contributed by atoms with Gasteiger partial charge in [0.2, 0.25) is 10.0 Å². The van der Waals surface area contributed by atoms with Crippen molar-refractivity contribution in [1.29, 1.82) is 0 Å². The van der Waals surface area contributed by atoms with Crippen molar-refractivity contribution < 1.29 is 37.4 Å². The maximum Gasteiger partial charge on any atom is 0.325 e. The van der Waals surface area contributed by atoms with Crippen LogP contribution >= 0.6 is 0 Å². The number of carbonyl (C=O) groups is 1. The number of nitrogens with one attached hydrogen (secondary N) is 1. The highest BCUT2D eigenvalue weighted by Gasteiger charge is 2.52. The van der Waals surface area contributed by atoms with E-state index < -0.39 is 27.3 Å². The molecule has 9 nitrogen and oxygen atoms in total. The van der Waals surface area contributed by atoms with E-state index in [0.29, 0.717) is 11.5 Å². The van der Waals surface area contributed by atoms with Gasteiger partial charge in [-0.3, -0.25) is 4.79 Å². The van der Waals surface area contributed by atoms with Crippen molar-refractivity contribution in [2.45, 2.75) is 48.3 Å². The SMILES string of the molecule is NO.O=C(O)[C@]1(NS(=O)(=O)c2ccc(Oc3ccc(F)cc3)cc2)C[C@H]2CC[C@@H](C1)O2. The quantitative estimate of drug-likeness (QED) is 0.486. The Morgan fingerprint density at radius 3 is 2.00 bits per heavy atom. The molecule has 2 saturated heterocycles. The molecule has 2 aromatic carbocycles. The van der Waals surface area contributed by atoms with Gasteiger partial charge in [0.15, 0.2) is 0 Å². The molecule has 3 atom stereocenters. The molecule has 2 aromatic rings. The fourth-order valence-electron chi connectivity index (χ4n) is 3.88. The van der Waals surface area contributed by atoms with Crippen LogP contribution in [-0.4, -0.2) is 42.4 Å². The molecule has 2 fully saturated rings. The third-order valence-electron chi connectivity index (χ3n) is 5.27. The van der Waals surface area contributed by atoms with Crippen molar-refractivity contribution in [2.24, 2.45) is 5.90 Å². The lowest BCUT2D eigenvalue weighted by Gasteiger charge is -2.37. The number of hydrogen-bond acceptors (Lipinski definition) is 7. The number of aliphatic carboxylic acids is 1. The lowest BCUT2D eigenvalue weighted by molar-refractivity contribution is -0.151. The van der Waals surface area contributed by atoms with E-state index in [4.69, 9.17) is 14.7 Å². The average molecular weight is 454 g/mol. The topological polar surface area (TPSA) is 148 Å². The Morgan fingerprint density at radius 1 is 1.03 bits per heavy atom. The van der Waals surface area contributed by atoms with Crippen LogP contribution in [0.15, 0.2) is 53.4 Å². The Labute approximate surface area is 178 Å². The van der Waals surface area contributed by atoms with Crippen molar-refractivity contribution in [3.63, 3.8) is 0 Å². The van der Waals surface area contributed by atoms with E-state index >= 15 is 0 Å². The largest absolute Gasteiger partial charge is 0.480 e. The Bertz CT molecular complexity index is 1000. The molecule has 4 rings (SSSR count). The minimum atomic E-state index is -4.07. The number of carboxylic acid groups (broad SMARTS) is 1. The van der Waals surface area contributed by atoms with Gasteiger partial charge in [0.05, 0.1) is 17.1 Å². The molecule has 0 aromatic heterocycles. The van der Waals surface area contributed by atoms with Crippen LogP contribution in [0.4, 0.5) is 4.39 Å². The molecule has 0 saturated carbocycles. The summed E-state index contributed by atoms with van der Waals surface area (Å²) < 4.78 is 52.3. The molecule has 5 N–H and O–H groups in total. The lowest BCUT2D eigenvalue weighted by Crippen LogP contribution is -2.59. The van der Waals surface area contributed by atoms with Gasteiger partial charge < -0.3 is 19.8 Å². The first-order valence-corrected chi connectivity index (χ1v) is 11.0. The first-order valence-electron chi connectivity index (χ1n) is 9.48. The molecule has 11 heteroatoms. The summed E-state index contributed by atoms with van der Waals surface area (Å²) in [5.74, 6) is 2.69. The predicted octanol–water partition coefficient (Wildman–Crippen LogP) is 2.40. The van der Waals surface area contributed by atoms with Gasteiger partial charge in [-0.15, -0.1) is 0 Å². The number of benzene rings is 2. The minimum Gasteiger partial charge on any atom is -0.480 e. The van der Waals surface area contributed by atoms with Crippen LogP contribution in [0.1, 0.15) is 25.7 Å². The molecule has 0 unspecified atom stereocenters. The zero-order valence-corrected chi connectivity index (χ0v) is 17.2. The minimum absolute atomic E-state index is 0.0663. The van der Waals surface area contributed by atoms with Gasteiger partial charge >= 0.3 is 5.97 Å². The lowest BCUT2D eigenvalue weighted by atomic mass is 9.88. The molecule has 0 radical (unpaired) electrons. The molecule has 31 heavy (non-hydrogen) atoms. The van der Waals surface area contributed by atoms with E-state index in [1.165, 1.54) is 48.5 Å². The van der Waals surface area contributed by atoms with Crippen molar-refractivity contribution in [3.8, 4) is 11.5 Å².